The van der Waals surface area contributed by atoms with Crippen LogP contribution < -0.4 is 5.32 Å². The summed E-state index contributed by atoms with van der Waals surface area (Å²) in [5.74, 6) is -0.366. The molecule has 0 radical (unpaired) electrons. The van der Waals surface area contributed by atoms with Crippen molar-refractivity contribution in [3.63, 3.8) is 0 Å². The van der Waals surface area contributed by atoms with Gasteiger partial charge in [0.1, 0.15) is 6.54 Å². The molecule has 116 valence electrons. The van der Waals surface area contributed by atoms with E-state index in [1.807, 2.05) is 6.92 Å². The van der Waals surface area contributed by atoms with E-state index in [2.05, 4.69) is 5.32 Å². The Morgan fingerprint density at radius 3 is 2.67 bits per heavy atom. The van der Waals surface area contributed by atoms with Crippen molar-refractivity contribution >= 4 is 17.8 Å². The number of β-amino-alcohol motifs (C(OH)–C–C–N with tert-alkyl or cyclic N) is 1. The molecular weight excluding hydrogens is 274 g/mol. The van der Waals surface area contributed by atoms with Gasteiger partial charge in [0, 0.05) is 12.5 Å². The summed E-state index contributed by atoms with van der Waals surface area (Å²) in [4.78, 5) is 37.8. The number of hydrogen-bond acceptors (Lipinski definition) is 4. The predicted octanol–water partition coefficient (Wildman–Crippen LogP) is -0.452. The Kier molecular flexibility index (Phi) is 3.39. The Balaban J connectivity index is 1.64. The topological polar surface area (TPSA) is 90.0 Å². The first-order valence-electron chi connectivity index (χ1n) is 7.50. The van der Waals surface area contributed by atoms with Crippen molar-refractivity contribution in [2.75, 3.05) is 26.2 Å². The summed E-state index contributed by atoms with van der Waals surface area (Å²) in [6.07, 6.45) is 3.15. The number of carbonyl (C=O) groups is 3. The highest BCUT2D eigenvalue weighted by Gasteiger charge is 2.51. The summed E-state index contributed by atoms with van der Waals surface area (Å²) in [5, 5.41) is 13.2. The van der Waals surface area contributed by atoms with Gasteiger partial charge in [-0.15, -0.1) is 0 Å². The number of urea groups is 1. The van der Waals surface area contributed by atoms with Gasteiger partial charge in [-0.25, -0.2) is 4.79 Å². The van der Waals surface area contributed by atoms with E-state index >= 15 is 0 Å². The van der Waals surface area contributed by atoms with Crippen LogP contribution in [0.1, 0.15) is 26.2 Å². The number of aliphatic hydroxyl groups is 1. The highest BCUT2D eigenvalue weighted by atomic mass is 16.3. The average molecular weight is 295 g/mol. The van der Waals surface area contributed by atoms with Crippen molar-refractivity contribution in [2.24, 2.45) is 11.8 Å². The Bertz CT molecular complexity index is 475. The van der Waals surface area contributed by atoms with Gasteiger partial charge in [0.15, 0.2) is 0 Å². The van der Waals surface area contributed by atoms with E-state index < -0.39 is 11.6 Å². The molecule has 1 saturated carbocycles. The van der Waals surface area contributed by atoms with Crippen LogP contribution in [0.3, 0.4) is 0 Å². The number of rotatable bonds is 3. The van der Waals surface area contributed by atoms with E-state index in [-0.39, 0.29) is 36.7 Å². The molecule has 3 aliphatic rings. The molecule has 3 rings (SSSR count). The average Bonchev–Trinajstić information content (AvgIpc) is 2.82. The monoisotopic (exact) mass is 295 g/mol. The highest BCUT2D eigenvalue weighted by molar-refractivity contribution is 6.04. The van der Waals surface area contributed by atoms with Gasteiger partial charge in [0.25, 0.3) is 5.91 Å². The van der Waals surface area contributed by atoms with Gasteiger partial charge >= 0.3 is 6.03 Å². The molecule has 7 heteroatoms. The summed E-state index contributed by atoms with van der Waals surface area (Å²) >= 11 is 0. The maximum atomic E-state index is 12.3. The van der Waals surface area contributed by atoms with E-state index in [0.717, 1.165) is 24.2 Å². The van der Waals surface area contributed by atoms with E-state index in [0.29, 0.717) is 13.1 Å². The number of amides is 4. The molecule has 7 nitrogen and oxygen atoms in total. The number of nitrogens with zero attached hydrogens (tertiary/aromatic N) is 2. The van der Waals surface area contributed by atoms with Gasteiger partial charge in [0.2, 0.25) is 5.91 Å². The molecule has 2 atom stereocenters. The van der Waals surface area contributed by atoms with Crippen LogP contribution >= 0.6 is 0 Å². The molecule has 2 heterocycles. The zero-order chi connectivity index (χ0) is 15.2. The first-order valence-corrected chi connectivity index (χ1v) is 7.50. The first kappa shape index (κ1) is 14.3. The summed E-state index contributed by atoms with van der Waals surface area (Å²) in [6, 6.07) is -0.519. The lowest BCUT2D eigenvalue weighted by Gasteiger charge is -2.41. The third kappa shape index (κ3) is 2.29. The lowest BCUT2D eigenvalue weighted by molar-refractivity contribution is -0.137. The Morgan fingerprint density at radius 1 is 1.43 bits per heavy atom. The summed E-state index contributed by atoms with van der Waals surface area (Å²) in [6.45, 7) is 2.46. The summed E-state index contributed by atoms with van der Waals surface area (Å²) in [7, 11) is 0. The molecule has 4 amide bonds. The molecule has 0 unspecified atom stereocenters. The molecule has 1 aliphatic carbocycles. The minimum atomic E-state index is -0.814. The zero-order valence-corrected chi connectivity index (χ0v) is 12.2. The largest absolute Gasteiger partial charge is 0.387 e. The maximum Gasteiger partial charge on any atom is 0.325 e. The second kappa shape index (κ2) is 4.98. The minimum absolute atomic E-state index is 0.0230. The number of hydrogen-bond donors (Lipinski definition) is 2. The molecule has 0 aromatic carbocycles. The van der Waals surface area contributed by atoms with Crippen LogP contribution in [0.4, 0.5) is 4.79 Å². The smallest absolute Gasteiger partial charge is 0.325 e. The van der Waals surface area contributed by atoms with Crippen LogP contribution in [-0.2, 0) is 9.59 Å². The normalized spacial score (nSPS) is 33.3. The predicted molar refractivity (Wildman–Crippen MR) is 73.1 cm³/mol. The number of nitrogens with one attached hydrogen (secondary N) is 1. The van der Waals surface area contributed by atoms with Crippen molar-refractivity contribution in [1.82, 2.24) is 15.1 Å². The molecule has 2 saturated heterocycles. The molecule has 0 bridgehead atoms. The fourth-order valence-corrected chi connectivity index (χ4v) is 3.49. The Labute approximate surface area is 123 Å². The standard InChI is InChI=1S/C14H21N3O4/c1-9-6-16(8-14(9,21)10-3-2-4-10)12(19)7-17-11(18)5-15-13(17)20/h9-10,21H,2-8H2,1H3,(H,15,20)/t9-,14+/m1/s1. The number of imide groups is 1. The fourth-order valence-electron chi connectivity index (χ4n) is 3.49. The fraction of sp³-hybridized carbons (Fsp3) is 0.786. The first-order chi connectivity index (χ1) is 9.91. The van der Waals surface area contributed by atoms with Crippen LogP contribution in [0.15, 0.2) is 0 Å². The van der Waals surface area contributed by atoms with Gasteiger partial charge in [-0.05, 0) is 18.8 Å². The second-order valence-corrected chi connectivity index (χ2v) is 6.43. The van der Waals surface area contributed by atoms with Crippen molar-refractivity contribution in [3.05, 3.63) is 0 Å². The van der Waals surface area contributed by atoms with Crippen molar-refractivity contribution in [2.45, 2.75) is 31.8 Å². The van der Waals surface area contributed by atoms with E-state index in [1.54, 1.807) is 4.90 Å². The van der Waals surface area contributed by atoms with E-state index in [9.17, 15) is 19.5 Å². The molecule has 0 aromatic heterocycles. The van der Waals surface area contributed by atoms with Crippen LogP contribution in [0.25, 0.3) is 0 Å². The summed E-state index contributed by atoms with van der Waals surface area (Å²) < 4.78 is 0. The van der Waals surface area contributed by atoms with Crippen LogP contribution in [0, 0.1) is 11.8 Å². The molecule has 3 fully saturated rings. The Hall–Kier alpha value is -1.63. The molecule has 0 spiro atoms. The van der Waals surface area contributed by atoms with Gasteiger partial charge in [0.05, 0.1) is 18.7 Å². The van der Waals surface area contributed by atoms with Gasteiger partial charge in [-0.3, -0.25) is 14.5 Å². The third-order valence-corrected chi connectivity index (χ3v) is 5.19. The quantitative estimate of drug-likeness (QED) is 0.690. The maximum absolute atomic E-state index is 12.3. The molecule has 21 heavy (non-hydrogen) atoms. The van der Waals surface area contributed by atoms with Crippen LogP contribution in [-0.4, -0.2) is 64.5 Å². The third-order valence-electron chi connectivity index (χ3n) is 5.19. The van der Waals surface area contributed by atoms with E-state index in [4.69, 9.17) is 0 Å². The van der Waals surface area contributed by atoms with Gasteiger partial charge < -0.3 is 15.3 Å². The van der Waals surface area contributed by atoms with Crippen molar-refractivity contribution < 1.29 is 19.5 Å². The highest BCUT2D eigenvalue weighted by Crippen LogP contribution is 2.44. The molecule has 0 aromatic rings. The van der Waals surface area contributed by atoms with E-state index in [1.165, 1.54) is 0 Å². The lowest BCUT2D eigenvalue weighted by Crippen LogP contribution is -2.49. The number of likely N-dealkylation sites (tertiary alicyclic amines) is 1. The molecule has 2 N–H and O–H groups in total. The second-order valence-electron chi connectivity index (χ2n) is 6.43. The lowest BCUT2D eigenvalue weighted by atomic mass is 9.69. The summed E-state index contributed by atoms with van der Waals surface area (Å²) in [5.41, 5.74) is -0.814. The van der Waals surface area contributed by atoms with Crippen LogP contribution in [0.2, 0.25) is 0 Å². The SMILES string of the molecule is C[C@@H]1CN(C(=O)CN2C(=O)CNC2=O)C[C@@]1(O)C1CCC1. The molecule has 2 aliphatic heterocycles. The Morgan fingerprint density at radius 2 is 2.14 bits per heavy atom. The van der Waals surface area contributed by atoms with Crippen molar-refractivity contribution in [1.29, 1.82) is 0 Å². The van der Waals surface area contributed by atoms with Crippen molar-refractivity contribution in [3.8, 4) is 0 Å². The van der Waals surface area contributed by atoms with Crippen LogP contribution in [0.5, 0.6) is 0 Å². The molecular formula is C14H21N3O4. The minimum Gasteiger partial charge on any atom is -0.387 e. The zero-order valence-electron chi connectivity index (χ0n) is 12.2. The van der Waals surface area contributed by atoms with Gasteiger partial charge in [-0.1, -0.05) is 13.3 Å². The number of carbonyl (C=O) groups excluding carboxylic acids is 3. The van der Waals surface area contributed by atoms with Gasteiger partial charge in [-0.2, -0.15) is 0 Å².